The Hall–Kier alpha value is -3.48. The Labute approximate surface area is 204 Å². The van der Waals surface area contributed by atoms with E-state index in [0.29, 0.717) is 30.0 Å². The summed E-state index contributed by atoms with van der Waals surface area (Å²) in [6, 6.07) is 18.2. The molecule has 2 aromatic carbocycles. The molecule has 3 aromatic rings. The summed E-state index contributed by atoms with van der Waals surface area (Å²) in [4.78, 5) is 4.20. The van der Waals surface area contributed by atoms with E-state index in [4.69, 9.17) is 9.47 Å². The minimum Gasteiger partial charge on any atom is -0.495 e. The van der Waals surface area contributed by atoms with E-state index in [-0.39, 0.29) is 30.4 Å². The molecule has 8 nitrogen and oxygen atoms in total. The Morgan fingerprint density at radius 3 is 2.57 bits per heavy atom. The van der Waals surface area contributed by atoms with E-state index in [2.05, 4.69) is 16.4 Å². The van der Waals surface area contributed by atoms with Crippen molar-refractivity contribution in [1.82, 2.24) is 10.3 Å². The maximum Gasteiger partial charge on any atom is 0.148 e. The van der Waals surface area contributed by atoms with Crippen molar-refractivity contribution in [2.45, 2.75) is 17.6 Å². The number of nitrogens with zero attached hydrogens (tertiary/aromatic N) is 2. The van der Waals surface area contributed by atoms with Crippen LogP contribution in [0.5, 0.6) is 11.5 Å². The van der Waals surface area contributed by atoms with Crippen molar-refractivity contribution in [3.8, 4) is 17.6 Å². The Balaban J connectivity index is 1.93. The van der Waals surface area contributed by atoms with Crippen LogP contribution in [-0.2, 0) is 5.60 Å². The number of hydrogen-bond acceptors (Lipinski definition) is 8. The molecular weight excluding hydrogens is 446 g/mol. The summed E-state index contributed by atoms with van der Waals surface area (Å²) in [5.74, 6) is -0.233. The number of nitrogens with one attached hydrogen (secondary N) is 1. The second kappa shape index (κ2) is 10.8. The molecule has 8 heteroatoms. The molecule has 0 saturated heterocycles. The van der Waals surface area contributed by atoms with Crippen LogP contribution in [0.4, 0.5) is 0 Å². The molecule has 1 aliphatic rings. The van der Waals surface area contributed by atoms with Gasteiger partial charge in [0, 0.05) is 24.9 Å². The number of rotatable bonds is 7. The topological polar surface area (TPSA) is 128 Å². The van der Waals surface area contributed by atoms with E-state index >= 15 is 0 Å². The van der Waals surface area contributed by atoms with E-state index in [1.807, 2.05) is 30.3 Å². The molecule has 0 saturated carbocycles. The first-order valence-electron chi connectivity index (χ1n) is 11.5. The molecule has 0 spiro atoms. The van der Waals surface area contributed by atoms with Crippen molar-refractivity contribution >= 4 is 0 Å². The van der Waals surface area contributed by atoms with Crippen LogP contribution in [0.15, 0.2) is 67.0 Å². The van der Waals surface area contributed by atoms with E-state index < -0.39 is 17.6 Å². The number of hydrogen-bond donors (Lipinski definition) is 4. The number of aromatic nitrogens is 1. The predicted octanol–water partition coefficient (Wildman–Crippen LogP) is 1.93. The minimum atomic E-state index is -1.95. The standard InChI is InChI=1S/C27H29N3O5/c1-34-23-15-30-16-24-25(23)27(33,20-9-7-18(13-28)8-10-20)26(32)21(14-29-11-12-31)22(17-35-24)19-5-3-2-4-6-19/h2-10,15-16,21-22,26,29,31-33H,11-12,14,17H2,1H3/t21-,22?,26-,27+/m1/s1. The molecule has 2 heterocycles. The Morgan fingerprint density at radius 2 is 1.91 bits per heavy atom. The van der Waals surface area contributed by atoms with Crippen molar-refractivity contribution < 1.29 is 24.8 Å². The van der Waals surface area contributed by atoms with Gasteiger partial charge in [-0.2, -0.15) is 5.26 Å². The number of fused-ring (bicyclic) bond motifs is 1. The van der Waals surface area contributed by atoms with Gasteiger partial charge in [-0.3, -0.25) is 4.98 Å². The largest absolute Gasteiger partial charge is 0.495 e. The highest BCUT2D eigenvalue weighted by atomic mass is 16.5. The second-order valence-corrected chi connectivity index (χ2v) is 8.54. The summed E-state index contributed by atoms with van der Waals surface area (Å²) in [7, 11) is 1.47. The second-order valence-electron chi connectivity index (χ2n) is 8.54. The lowest BCUT2D eigenvalue weighted by molar-refractivity contribution is -0.0934. The fraction of sp³-hybridized carbons (Fsp3) is 0.333. The normalized spacial score (nSPS) is 23.8. The van der Waals surface area contributed by atoms with Gasteiger partial charge < -0.3 is 30.1 Å². The average Bonchev–Trinajstić information content (AvgIpc) is 2.91. The number of nitriles is 1. The lowest BCUT2D eigenvalue weighted by Gasteiger charge is -2.44. The summed E-state index contributed by atoms with van der Waals surface area (Å²) in [6.45, 7) is 0.825. The summed E-state index contributed by atoms with van der Waals surface area (Å²) in [5.41, 5.74) is 0.0875. The molecule has 182 valence electrons. The smallest absolute Gasteiger partial charge is 0.148 e. The molecule has 35 heavy (non-hydrogen) atoms. The first-order valence-corrected chi connectivity index (χ1v) is 11.5. The van der Waals surface area contributed by atoms with Gasteiger partial charge in [0.05, 0.1) is 56.0 Å². The zero-order chi connectivity index (χ0) is 24.8. The minimum absolute atomic E-state index is 0.0580. The fourth-order valence-electron chi connectivity index (χ4n) is 4.80. The summed E-state index contributed by atoms with van der Waals surface area (Å²) in [5, 5.41) is 46.2. The van der Waals surface area contributed by atoms with Crippen molar-refractivity contribution in [3.05, 3.63) is 89.2 Å². The number of pyridine rings is 1. The highest BCUT2D eigenvalue weighted by Gasteiger charge is 2.50. The predicted molar refractivity (Wildman–Crippen MR) is 129 cm³/mol. The fourth-order valence-corrected chi connectivity index (χ4v) is 4.80. The number of aliphatic hydroxyl groups excluding tert-OH is 2. The van der Waals surface area contributed by atoms with Gasteiger partial charge in [0.2, 0.25) is 0 Å². The van der Waals surface area contributed by atoms with Gasteiger partial charge in [-0.05, 0) is 23.3 Å². The van der Waals surface area contributed by atoms with Gasteiger partial charge in [-0.15, -0.1) is 0 Å². The van der Waals surface area contributed by atoms with Crippen LogP contribution in [0.25, 0.3) is 0 Å². The SMILES string of the molecule is COc1cncc2c1[C@@](O)(c1ccc(C#N)cc1)[C@H](O)[C@H](CNCCO)C(c1ccccc1)CO2. The molecule has 1 unspecified atom stereocenters. The number of methoxy groups -OCH3 is 1. The third-order valence-electron chi connectivity index (χ3n) is 6.60. The third kappa shape index (κ3) is 4.72. The van der Waals surface area contributed by atoms with Crippen molar-refractivity contribution in [1.29, 1.82) is 5.26 Å². The van der Waals surface area contributed by atoms with Gasteiger partial charge in [0.1, 0.15) is 17.1 Å². The third-order valence-corrected chi connectivity index (χ3v) is 6.60. The van der Waals surface area contributed by atoms with Crippen molar-refractivity contribution in [3.63, 3.8) is 0 Å². The van der Waals surface area contributed by atoms with Crippen LogP contribution < -0.4 is 14.8 Å². The Kier molecular flexibility index (Phi) is 7.63. The molecule has 0 fully saturated rings. The van der Waals surface area contributed by atoms with Gasteiger partial charge in [0.15, 0.2) is 0 Å². The molecule has 1 aromatic heterocycles. The van der Waals surface area contributed by atoms with Gasteiger partial charge in [-0.25, -0.2) is 0 Å². The van der Waals surface area contributed by atoms with Crippen LogP contribution >= 0.6 is 0 Å². The molecule has 0 bridgehead atoms. The highest BCUT2D eigenvalue weighted by molar-refractivity contribution is 5.53. The Bertz CT molecular complexity index is 1170. The number of aliphatic hydroxyl groups is 3. The zero-order valence-corrected chi connectivity index (χ0v) is 19.5. The Morgan fingerprint density at radius 1 is 1.17 bits per heavy atom. The zero-order valence-electron chi connectivity index (χ0n) is 19.5. The maximum absolute atomic E-state index is 12.4. The van der Waals surface area contributed by atoms with Gasteiger partial charge in [0.25, 0.3) is 0 Å². The first kappa shape index (κ1) is 24.6. The van der Waals surface area contributed by atoms with E-state index in [9.17, 15) is 20.6 Å². The number of ether oxygens (including phenoxy) is 2. The van der Waals surface area contributed by atoms with Crippen LogP contribution in [-0.4, -0.2) is 59.8 Å². The maximum atomic E-state index is 12.4. The first-order chi connectivity index (χ1) is 17.0. The van der Waals surface area contributed by atoms with Crippen LogP contribution in [0, 0.1) is 17.2 Å². The summed E-state index contributed by atoms with van der Waals surface area (Å²) in [6.07, 6.45) is 1.66. The molecule has 0 amide bonds. The van der Waals surface area contributed by atoms with Crippen LogP contribution in [0.2, 0.25) is 0 Å². The quantitative estimate of drug-likeness (QED) is 0.382. The molecule has 1 aliphatic heterocycles. The van der Waals surface area contributed by atoms with Crippen molar-refractivity contribution in [2.24, 2.45) is 5.92 Å². The van der Waals surface area contributed by atoms with Gasteiger partial charge in [-0.1, -0.05) is 42.5 Å². The lowest BCUT2D eigenvalue weighted by Crippen LogP contribution is -2.52. The van der Waals surface area contributed by atoms with Crippen LogP contribution in [0.1, 0.15) is 28.2 Å². The highest BCUT2D eigenvalue weighted by Crippen LogP contribution is 2.48. The van der Waals surface area contributed by atoms with E-state index in [1.54, 1.807) is 24.3 Å². The summed E-state index contributed by atoms with van der Waals surface area (Å²) >= 11 is 0. The van der Waals surface area contributed by atoms with Crippen LogP contribution in [0.3, 0.4) is 0 Å². The molecular formula is C27H29N3O5. The summed E-state index contributed by atoms with van der Waals surface area (Å²) < 4.78 is 11.8. The average molecular weight is 476 g/mol. The van der Waals surface area contributed by atoms with Crippen molar-refractivity contribution in [2.75, 3.05) is 33.4 Å². The molecule has 4 rings (SSSR count). The monoisotopic (exact) mass is 475 g/mol. The number of benzene rings is 2. The lowest BCUT2D eigenvalue weighted by atomic mass is 9.70. The van der Waals surface area contributed by atoms with E-state index in [0.717, 1.165) is 5.56 Å². The molecule has 0 aliphatic carbocycles. The van der Waals surface area contributed by atoms with E-state index in [1.165, 1.54) is 19.5 Å². The van der Waals surface area contributed by atoms with Gasteiger partial charge >= 0.3 is 0 Å². The molecule has 4 N–H and O–H groups in total. The molecule has 0 radical (unpaired) electrons. The molecule has 4 atom stereocenters.